The van der Waals surface area contributed by atoms with Gasteiger partial charge in [-0.25, -0.2) is 4.79 Å². The summed E-state index contributed by atoms with van der Waals surface area (Å²) < 4.78 is 6.44. The van der Waals surface area contributed by atoms with Crippen LogP contribution in [0.15, 0.2) is 59.5 Å². The van der Waals surface area contributed by atoms with Crippen LogP contribution in [-0.2, 0) is 16.1 Å². The maximum atomic E-state index is 12.4. The largest absolute Gasteiger partial charge is 0.462 e. The van der Waals surface area contributed by atoms with Gasteiger partial charge in [-0.15, -0.1) is 0 Å². The Kier molecular flexibility index (Phi) is 5.07. The minimum atomic E-state index is -0.504. The molecule has 0 bridgehead atoms. The van der Waals surface area contributed by atoms with Crippen molar-refractivity contribution in [3.8, 4) is 0 Å². The number of aromatic nitrogens is 2. The average molecular weight is 351 g/mol. The van der Waals surface area contributed by atoms with Crippen LogP contribution in [0.3, 0.4) is 0 Å². The molecule has 0 fully saturated rings. The van der Waals surface area contributed by atoms with Crippen molar-refractivity contribution < 1.29 is 14.3 Å². The summed E-state index contributed by atoms with van der Waals surface area (Å²) in [5.41, 5.74) is 1.00. The van der Waals surface area contributed by atoms with Crippen molar-refractivity contribution in [2.45, 2.75) is 13.5 Å². The summed E-state index contributed by atoms with van der Waals surface area (Å²) in [6.07, 6.45) is 1.18. The van der Waals surface area contributed by atoms with Crippen LogP contribution in [0.4, 0.5) is 5.69 Å². The topological polar surface area (TPSA) is 90.3 Å². The molecule has 2 aromatic carbocycles. The molecule has 7 heteroatoms. The molecule has 1 N–H and O–H groups in total. The van der Waals surface area contributed by atoms with Gasteiger partial charge in [0.05, 0.1) is 29.6 Å². The van der Waals surface area contributed by atoms with Gasteiger partial charge in [-0.2, -0.15) is 5.10 Å². The van der Waals surface area contributed by atoms with E-state index in [1.165, 1.54) is 10.9 Å². The Morgan fingerprint density at radius 3 is 2.65 bits per heavy atom. The number of esters is 1. The van der Waals surface area contributed by atoms with Crippen molar-refractivity contribution in [2.24, 2.45) is 0 Å². The third kappa shape index (κ3) is 3.61. The first-order valence-corrected chi connectivity index (χ1v) is 8.11. The first kappa shape index (κ1) is 17.3. The van der Waals surface area contributed by atoms with E-state index in [0.717, 1.165) is 0 Å². The molecule has 0 atom stereocenters. The second-order valence-electron chi connectivity index (χ2n) is 5.50. The number of carbonyl (C=O) groups is 2. The van der Waals surface area contributed by atoms with Crippen LogP contribution in [0.5, 0.6) is 0 Å². The molecule has 0 aliphatic rings. The summed E-state index contributed by atoms with van der Waals surface area (Å²) in [6, 6.07) is 13.6. The van der Waals surface area contributed by atoms with Gasteiger partial charge in [0.25, 0.3) is 0 Å². The van der Waals surface area contributed by atoms with Crippen LogP contribution < -0.4 is 10.7 Å². The minimum Gasteiger partial charge on any atom is -0.462 e. The highest BCUT2D eigenvalue weighted by Gasteiger charge is 2.15. The summed E-state index contributed by atoms with van der Waals surface area (Å²) in [6.45, 7) is 1.86. The van der Waals surface area contributed by atoms with Crippen LogP contribution in [0, 0.1) is 0 Å². The standard InChI is InChI=1S/C19H17N3O4/c1-2-26-19(25)13-7-3-5-9-15(13)21-18(24)12-22-16-10-6-4-8-14(16)17(23)11-20-22/h3-11H,2,12H2,1H3,(H,21,24). The fourth-order valence-electron chi connectivity index (χ4n) is 2.59. The molecule has 1 heterocycles. The molecule has 3 aromatic rings. The highest BCUT2D eigenvalue weighted by molar-refractivity contribution is 6.01. The van der Waals surface area contributed by atoms with Gasteiger partial charge in [0.2, 0.25) is 11.3 Å². The Labute approximate surface area is 149 Å². The maximum absolute atomic E-state index is 12.4. The lowest BCUT2D eigenvalue weighted by molar-refractivity contribution is -0.116. The number of para-hydroxylation sites is 2. The molecule has 0 saturated heterocycles. The molecule has 0 unspecified atom stereocenters. The molecule has 0 radical (unpaired) electrons. The highest BCUT2D eigenvalue weighted by atomic mass is 16.5. The fourth-order valence-corrected chi connectivity index (χ4v) is 2.59. The zero-order valence-electron chi connectivity index (χ0n) is 14.1. The molecule has 0 saturated carbocycles. The van der Waals surface area contributed by atoms with Gasteiger partial charge < -0.3 is 10.1 Å². The van der Waals surface area contributed by atoms with Gasteiger partial charge in [-0.3, -0.25) is 14.3 Å². The second-order valence-corrected chi connectivity index (χ2v) is 5.50. The van der Waals surface area contributed by atoms with Crippen molar-refractivity contribution >= 4 is 28.5 Å². The third-order valence-electron chi connectivity index (χ3n) is 3.75. The van der Waals surface area contributed by atoms with E-state index >= 15 is 0 Å². The molecule has 7 nitrogen and oxygen atoms in total. The predicted molar refractivity (Wildman–Crippen MR) is 97.0 cm³/mol. The molecule has 0 spiro atoms. The van der Waals surface area contributed by atoms with Crippen LogP contribution in [0.1, 0.15) is 17.3 Å². The van der Waals surface area contributed by atoms with Gasteiger partial charge >= 0.3 is 5.97 Å². The van der Waals surface area contributed by atoms with E-state index in [2.05, 4.69) is 10.4 Å². The molecule has 1 amide bonds. The maximum Gasteiger partial charge on any atom is 0.340 e. The van der Waals surface area contributed by atoms with Crippen molar-refractivity contribution in [2.75, 3.05) is 11.9 Å². The van der Waals surface area contributed by atoms with E-state index in [4.69, 9.17) is 4.74 Å². The second kappa shape index (κ2) is 7.60. The normalized spacial score (nSPS) is 10.5. The number of anilines is 1. The molecule has 132 valence electrons. The lowest BCUT2D eigenvalue weighted by atomic mass is 10.2. The van der Waals surface area contributed by atoms with Crippen LogP contribution >= 0.6 is 0 Å². The first-order valence-electron chi connectivity index (χ1n) is 8.11. The van der Waals surface area contributed by atoms with Gasteiger partial charge in [-0.05, 0) is 31.2 Å². The Morgan fingerprint density at radius 2 is 1.85 bits per heavy atom. The van der Waals surface area contributed by atoms with Gasteiger partial charge in [0.15, 0.2) is 0 Å². The van der Waals surface area contributed by atoms with Crippen LogP contribution in [-0.4, -0.2) is 28.3 Å². The van der Waals surface area contributed by atoms with Crippen molar-refractivity contribution in [1.29, 1.82) is 0 Å². The Bertz CT molecular complexity index is 1030. The van der Waals surface area contributed by atoms with Gasteiger partial charge in [0.1, 0.15) is 6.54 Å². The van der Waals surface area contributed by atoms with Gasteiger partial charge in [-0.1, -0.05) is 24.3 Å². The van der Waals surface area contributed by atoms with E-state index in [-0.39, 0.29) is 30.1 Å². The van der Waals surface area contributed by atoms with E-state index in [9.17, 15) is 14.4 Å². The number of amides is 1. The van der Waals surface area contributed by atoms with Crippen LogP contribution in [0.25, 0.3) is 10.9 Å². The third-order valence-corrected chi connectivity index (χ3v) is 3.75. The van der Waals surface area contributed by atoms with Crippen LogP contribution in [0.2, 0.25) is 0 Å². The number of benzene rings is 2. The lowest BCUT2D eigenvalue weighted by Crippen LogP contribution is -2.23. The summed E-state index contributed by atoms with van der Waals surface area (Å²) >= 11 is 0. The molecule has 1 aromatic heterocycles. The molecule has 3 rings (SSSR count). The number of fused-ring (bicyclic) bond motifs is 1. The quantitative estimate of drug-likeness (QED) is 0.712. The number of rotatable bonds is 5. The summed E-state index contributed by atoms with van der Waals surface area (Å²) in [5, 5.41) is 7.21. The Hall–Kier alpha value is -3.48. The van der Waals surface area contributed by atoms with E-state index < -0.39 is 5.97 Å². The minimum absolute atomic E-state index is 0.0993. The molecular formula is C19H17N3O4. The summed E-state index contributed by atoms with van der Waals surface area (Å²) in [5.74, 6) is -0.876. The Morgan fingerprint density at radius 1 is 1.12 bits per heavy atom. The fraction of sp³-hybridized carbons (Fsp3) is 0.158. The van der Waals surface area contributed by atoms with E-state index in [1.807, 2.05) is 0 Å². The Balaban J connectivity index is 1.84. The highest BCUT2D eigenvalue weighted by Crippen LogP contribution is 2.16. The smallest absolute Gasteiger partial charge is 0.340 e. The molecule has 26 heavy (non-hydrogen) atoms. The zero-order valence-corrected chi connectivity index (χ0v) is 14.1. The summed E-state index contributed by atoms with van der Waals surface area (Å²) in [7, 11) is 0. The molecule has 0 aliphatic heterocycles. The van der Waals surface area contributed by atoms with E-state index in [0.29, 0.717) is 16.6 Å². The number of hydrogen-bond acceptors (Lipinski definition) is 5. The van der Waals surface area contributed by atoms with Crippen molar-refractivity contribution in [3.05, 3.63) is 70.5 Å². The number of nitrogens with zero attached hydrogens (tertiary/aromatic N) is 2. The van der Waals surface area contributed by atoms with Gasteiger partial charge in [0, 0.05) is 5.39 Å². The monoisotopic (exact) mass is 351 g/mol. The predicted octanol–water partition coefficient (Wildman–Crippen LogP) is 2.21. The van der Waals surface area contributed by atoms with Crippen molar-refractivity contribution in [3.63, 3.8) is 0 Å². The zero-order chi connectivity index (χ0) is 18.5. The number of carbonyl (C=O) groups excluding carboxylic acids is 2. The number of nitrogens with one attached hydrogen (secondary N) is 1. The first-order chi connectivity index (χ1) is 12.6. The van der Waals surface area contributed by atoms with Crippen molar-refractivity contribution in [1.82, 2.24) is 9.78 Å². The molecule has 0 aliphatic carbocycles. The lowest BCUT2D eigenvalue weighted by Gasteiger charge is -2.12. The SMILES string of the molecule is CCOC(=O)c1ccccc1NC(=O)Cn1ncc(=O)c2ccccc21. The van der Waals surface area contributed by atoms with E-state index in [1.54, 1.807) is 55.5 Å². The number of hydrogen-bond donors (Lipinski definition) is 1. The number of ether oxygens (including phenoxy) is 1. The summed E-state index contributed by atoms with van der Waals surface area (Å²) in [4.78, 5) is 36.3. The average Bonchev–Trinajstić information content (AvgIpc) is 2.65. The molecular weight excluding hydrogens is 334 g/mol.